The summed E-state index contributed by atoms with van der Waals surface area (Å²) in [5, 5.41) is 31.5. The number of carboxylic acid groups (broad SMARTS) is 3. The fourth-order valence-corrected chi connectivity index (χ4v) is 0.253. The molecule has 0 aromatic heterocycles. The lowest BCUT2D eigenvalue weighted by Gasteiger charge is -1.97. The molecule has 1 atom stereocenters. The van der Waals surface area contributed by atoms with Gasteiger partial charge in [0.1, 0.15) is 0 Å². The second kappa shape index (κ2) is 7.68. The molecule has 0 aromatic carbocycles. The molecule has 0 aliphatic heterocycles. The average molecular weight is 208 g/mol. The predicted octanol–water partition coefficient (Wildman–Crippen LogP) is -1.82. The van der Waals surface area contributed by atoms with Gasteiger partial charge < -0.3 is 20.4 Å². The number of aldehydes is 1. The zero-order valence-electron chi connectivity index (χ0n) is 6.78. The molecular formula is C6H8O8. The Morgan fingerprint density at radius 1 is 1.14 bits per heavy atom. The number of aliphatic carboxylic acids is 3. The molecule has 0 fully saturated rings. The van der Waals surface area contributed by atoms with Crippen molar-refractivity contribution in [3.05, 3.63) is 0 Å². The van der Waals surface area contributed by atoms with Gasteiger partial charge in [0.05, 0.1) is 6.42 Å². The molecule has 0 spiro atoms. The van der Waals surface area contributed by atoms with Crippen LogP contribution in [0.2, 0.25) is 0 Å². The van der Waals surface area contributed by atoms with Crippen molar-refractivity contribution < 1.29 is 39.6 Å². The number of carbonyl (C=O) groups is 4. The second-order valence-corrected chi connectivity index (χ2v) is 1.91. The van der Waals surface area contributed by atoms with E-state index in [-0.39, 0.29) is 6.29 Å². The van der Waals surface area contributed by atoms with Crippen molar-refractivity contribution >= 4 is 24.2 Å². The maximum atomic E-state index is 9.72. The van der Waals surface area contributed by atoms with Crippen LogP contribution in [0.4, 0.5) is 0 Å². The largest absolute Gasteiger partial charge is 0.481 e. The molecular weight excluding hydrogens is 200 g/mol. The summed E-state index contributed by atoms with van der Waals surface area (Å²) in [6.45, 7) is 0. The van der Waals surface area contributed by atoms with E-state index in [1.54, 1.807) is 0 Å². The molecule has 0 radical (unpaired) electrons. The summed E-state index contributed by atoms with van der Waals surface area (Å²) in [5.74, 6) is -4.27. The normalized spacial score (nSPS) is 10.4. The number of aliphatic hydroxyl groups excluding tert-OH is 1. The third kappa shape index (κ3) is 12.7. The van der Waals surface area contributed by atoms with E-state index >= 15 is 0 Å². The molecule has 0 aromatic rings. The van der Waals surface area contributed by atoms with Crippen LogP contribution in [0.15, 0.2) is 0 Å². The minimum Gasteiger partial charge on any atom is -0.481 e. The molecule has 8 nitrogen and oxygen atoms in total. The van der Waals surface area contributed by atoms with Gasteiger partial charge in [0.2, 0.25) is 6.29 Å². The van der Waals surface area contributed by atoms with Crippen LogP contribution in [-0.4, -0.2) is 50.7 Å². The Labute approximate surface area is 77.4 Å². The van der Waals surface area contributed by atoms with E-state index in [0.717, 1.165) is 0 Å². The molecule has 0 saturated carbocycles. The Kier molecular flexibility index (Phi) is 7.98. The first-order valence-electron chi connectivity index (χ1n) is 3.12. The van der Waals surface area contributed by atoms with E-state index in [0.29, 0.717) is 0 Å². The lowest BCUT2D eigenvalue weighted by Crippen LogP contribution is -2.22. The van der Waals surface area contributed by atoms with E-state index in [4.69, 9.17) is 30.0 Å². The summed E-state index contributed by atoms with van der Waals surface area (Å²) >= 11 is 0. The van der Waals surface area contributed by atoms with Crippen molar-refractivity contribution in [1.29, 1.82) is 0 Å². The summed E-state index contributed by atoms with van der Waals surface area (Å²) in [5.41, 5.74) is 0. The fraction of sp³-hybridized carbons (Fsp3) is 0.333. The lowest BCUT2D eigenvalue weighted by molar-refractivity contribution is -0.152. The molecule has 0 saturated heterocycles. The summed E-state index contributed by atoms with van der Waals surface area (Å²) in [4.78, 5) is 37.3. The highest BCUT2D eigenvalue weighted by atomic mass is 16.4. The van der Waals surface area contributed by atoms with Crippen molar-refractivity contribution in [2.75, 3.05) is 0 Å². The zero-order valence-corrected chi connectivity index (χ0v) is 6.78. The third-order valence-electron chi connectivity index (χ3n) is 0.754. The molecule has 14 heavy (non-hydrogen) atoms. The van der Waals surface area contributed by atoms with Crippen LogP contribution in [0.5, 0.6) is 0 Å². The first-order valence-corrected chi connectivity index (χ1v) is 3.12. The van der Waals surface area contributed by atoms with Gasteiger partial charge in [-0.25, -0.2) is 9.59 Å². The summed E-state index contributed by atoms with van der Waals surface area (Å²) in [6.07, 6.45) is -2.71. The molecule has 0 rings (SSSR count). The minimum atomic E-state index is -1.79. The van der Waals surface area contributed by atoms with Crippen molar-refractivity contribution in [2.45, 2.75) is 12.5 Å². The number of carbonyl (C=O) groups excluding carboxylic acids is 1. The van der Waals surface area contributed by atoms with Crippen LogP contribution in [0, 0.1) is 0 Å². The number of hydrogen-bond donors (Lipinski definition) is 4. The number of rotatable bonds is 4. The monoisotopic (exact) mass is 208 g/mol. The molecule has 0 aliphatic carbocycles. The van der Waals surface area contributed by atoms with Crippen LogP contribution in [0.25, 0.3) is 0 Å². The Morgan fingerprint density at radius 2 is 1.50 bits per heavy atom. The summed E-state index contributed by atoms with van der Waals surface area (Å²) in [7, 11) is 0. The van der Waals surface area contributed by atoms with E-state index in [1.165, 1.54) is 0 Å². The smallest absolute Gasteiger partial charge is 0.368 e. The summed E-state index contributed by atoms with van der Waals surface area (Å²) < 4.78 is 0. The van der Waals surface area contributed by atoms with Gasteiger partial charge in [-0.2, -0.15) is 0 Å². The minimum absolute atomic E-state index is 0.167. The Morgan fingerprint density at radius 3 is 1.57 bits per heavy atom. The lowest BCUT2D eigenvalue weighted by atomic mass is 10.3. The van der Waals surface area contributed by atoms with Crippen molar-refractivity contribution in [2.24, 2.45) is 0 Å². The highest BCUT2D eigenvalue weighted by Crippen LogP contribution is 1.89. The predicted molar refractivity (Wildman–Crippen MR) is 39.6 cm³/mol. The fourth-order valence-electron chi connectivity index (χ4n) is 0.253. The number of carboxylic acids is 3. The Balaban J connectivity index is 0. The van der Waals surface area contributed by atoms with Crippen LogP contribution >= 0.6 is 0 Å². The second-order valence-electron chi connectivity index (χ2n) is 1.91. The Hall–Kier alpha value is -1.96. The molecule has 80 valence electrons. The van der Waals surface area contributed by atoms with Crippen LogP contribution in [0.3, 0.4) is 0 Å². The first kappa shape index (κ1) is 14.6. The quantitative estimate of drug-likeness (QED) is 0.311. The van der Waals surface area contributed by atoms with Crippen molar-refractivity contribution in [1.82, 2.24) is 0 Å². The van der Waals surface area contributed by atoms with Crippen molar-refractivity contribution in [3.63, 3.8) is 0 Å². The highest BCUT2D eigenvalue weighted by molar-refractivity contribution is 6.19. The zero-order chi connectivity index (χ0) is 11.7. The van der Waals surface area contributed by atoms with Gasteiger partial charge in [-0.1, -0.05) is 0 Å². The van der Waals surface area contributed by atoms with Gasteiger partial charge in [-0.15, -0.1) is 0 Å². The van der Waals surface area contributed by atoms with Gasteiger partial charge in [-0.3, -0.25) is 9.59 Å². The molecule has 0 heterocycles. The Bertz CT molecular complexity index is 232. The molecule has 0 amide bonds. The number of aliphatic hydroxyl groups is 1. The third-order valence-corrected chi connectivity index (χ3v) is 0.754. The van der Waals surface area contributed by atoms with Gasteiger partial charge in [0, 0.05) is 0 Å². The van der Waals surface area contributed by atoms with E-state index < -0.39 is 30.4 Å². The summed E-state index contributed by atoms with van der Waals surface area (Å²) in [6, 6.07) is 0. The van der Waals surface area contributed by atoms with Gasteiger partial charge in [0.15, 0.2) is 6.10 Å². The molecule has 0 bridgehead atoms. The molecule has 8 heteroatoms. The van der Waals surface area contributed by atoms with Crippen molar-refractivity contribution in [3.8, 4) is 0 Å². The first-order chi connectivity index (χ1) is 6.31. The maximum Gasteiger partial charge on any atom is 0.368 e. The van der Waals surface area contributed by atoms with Gasteiger partial charge >= 0.3 is 17.9 Å². The SMILES string of the molecule is O=C(O)CC(O)C(=O)O.O=CC(=O)O. The molecule has 1 unspecified atom stereocenters. The maximum absolute atomic E-state index is 9.72. The van der Waals surface area contributed by atoms with Gasteiger partial charge in [0.25, 0.3) is 0 Å². The molecule has 4 N–H and O–H groups in total. The average Bonchev–Trinajstić information content (AvgIpc) is 2.04. The standard InChI is InChI=1S/C4H6O5.C2H2O3/c5-2(4(8)9)1-3(6)7;3-1-2(4)5/h2,5H,1H2,(H,6,7)(H,8,9);1H,(H,4,5). The van der Waals surface area contributed by atoms with E-state index in [9.17, 15) is 9.59 Å². The molecule has 0 aliphatic rings. The van der Waals surface area contributed by atoms with Crippen LogP contribution in [0.1, 0.15) is 6.42 Å². The van der Waals surface area contributed by atoms with Crippen LogP contribution in [-0.2, 0) is 19.2 Å². The van der Waals surface area contributed by atoms with E-state index in [1.807, 2.05) is 0 Å². The topological polar surface area (TPSA) is 149 Å². The highest BCUT2D eigenvalue weighted by Gasteiger charge is 2.16. The number of hydrogen-bond acceptors (Lipinski definition) is 5. The van der Waals surface area contributed by atoms with E-state index in [2.05, 4.69) is 0 Å². The van der Waals surface area contributed by atoms with Gasteiger partial charge in [-0.05, 0) is 0 Å². The van der Waals surface area contributed by atoms with Crippen LogP contribution < -0.4 is 0 Å².